The summed E-state index contributed by atoms with van der Waals surface area (Å²) in [7, 11) is 0. The van der Waals surface area contributed by atoms with E-state index in [-0.39, 0.29) is 5.82 Å². The molecule has 0 aliphatic rings. The molecule has 2 aromatic rings. The molecule has 118 valence electrons. The molecule has 2 rings (SSSR count). The minimum Gasteiger partial charge on any atom is -0.362 e. The van der Waals surface area contributed by atoms with E-state index in [1.54, 1.807) is 16.9 Å². The highest BCUT2D eigenvalue weighted by molar-refractivity contribution is 7.80. The van der Waals surface area contributed by atoms with E-state index >= 15 is 0 Å². The lowest BCUT2D eigenvalue weighted by Crippen LogP contribution is -2.31. The van der Waals surface area contributed by atoms with Gasteiger partial charge >= 0.3 is 0 Å². The lowest BCUT2D eigenvalue weighted by Gasteiger charge is -2.10. The fourth-order valence-corrected chi connectivity index (χ4v) is 2.24. The second-order valence-electron chi connectivity index (χ2n) is 5.39. The number of anilines is 1. The molecule has 7 heteroatoms. The van der Waals surface area contributed by atoms with Gasteiger partial charge in [-0.25, -0.2) is 4.39 Å². The largest absolute Gasteiger partial charge is 0.362 e. The second-order valence-corrected chi connectivity index (χ2v) is 6.21. The van der Waals surface area contributed by atoms with Gasteiger partial charge in [-0.05, 0) is 35.8 Å². The molecular weight excluding hydrogens is 323 g/mol. The molecule has 0 saturated heterocycles. The quantitative estimate of drug-likeness (QED) is 0.815. The maximum atomic E-state index is 13.0. The van der Waals surface area contributed by atoms with Crippen LogP contribution in [-0.4, -0.2) is 21.4 Å². The Balaban J connectivity index is 1.95. The summed E-state index contributed by atoms with van der Waals surface area (Å²) in [6.45, 7) is 5.50. The van der Waals surface area contributed by atoms with Gasteiger partial charge in [0.25, 0.3) is 0 Å². The standard InChI is InChI=1S/C15H18ClFN4S/c1-10(2)6-18-15(22)20-13-7-19-21(9-13)8-11-3-4-12(17)5-14(11)16/h3-5,7,9-10H,6,8H2,1-2H3,(H2,18,20,22). The van der Waals surface area contributed by atoms with Crippen molar-refractivity contribution in [1.29, 1.82) is 0 Å². The van der Waals surface area contributed by atoms with Crippen LogP contribution in [0, 0.1) is 11.7 Å². The van der Waals surface area contributed by atoms with Crippen molar-refractivity contribution in [2.24, 2.45) is 5.92 Å². The highest BCUT2D eigenvalue weighted by Gasteiger charge is 2.06. The van der Waals surface area contributed by atoms with E-state index < -0.39 is 0 Å². The molecule has 0 saturated carbocycles. The van der Waals surface area contributed by atoms with Crippen LogP contribution in [0.1, 0.15) is 19.4 Å². The Morgan fingerprint density at radius 1 is 1.45 bits per heavy atom. The summed E-state index contributed by atoms with van der Waals surface area (Å²) >= 11 is 11.2. The second kappa shape index (κ2) is 7.56. The van der Waals surface area contributed by atoms with Crippen molar-refractivity contribution in [3.63, 3.8) is 0 Å². The van der Waals surface area contributed by atoms with Crippen molar-refractivity contribution in [2.75, 3.05) is 11.9 Å². The van der Waals surface area contributed by atoms with Gasteiger partial charge in [-0.3, -0.25) is 4.68 Å². The number of halogens is 2. The summed E-state index contributed by atoms with van der Waals surface area (Å²) in [6.07, 6.45) is 3.50. The third-order valence-corrected chi connectivity index (χ3v) is 3.51. The third-order valence-electron chi connectivity index (χ3n) is 2.91. The summed E-state index contributed by atoms with van der Waals surface area (Å²) in [5.41, 5.74) is 1.60. The van der Waals surface area contributed by atoms with E-state index in [1.807, 2.05) is 6.20 Å². The Hall–Kier alpha value is -1.66. The molecule has 1 heterocycles. The Labute approximate surface area is 139 Å². The molecule has 0 unspecified atom stereocenters. The summed E-state index contributed by atoms with van der Waals surface area (Å²) in [6, 6.07) is 4.33. The molecule has 0 aliphatic carbocycles. The van der Waals surface area contributed by atoms with Crippen LogP contribution in [0.15, 0.2) is 30.6 Å². The van der Waals surface area contributed by atoms with Crippen molar-refractivity contribution >= 4 is 34.6 Å². The number of nitrogens with zero attached hydrogens (tertiary/aromatic N) is 2. The van der Waals surface area contributed by atoms with Crippen LogP contribution < -0.4 is 10.6 Å². The van der Waals surface area contributed by atoms with Crippen molar-refractivity contribution in [3.05, 3.63) is 47.0 Å². The lowest BCUT2D eigenvalue weighted by atomic mass is 10.2. The molecule has 0 atom stereocenters. The van der Waals surface area contributed by atoms with Crippen LogP contribution in [0.4, 0.5) is 10.1 Å². The predicted octanol–water partition coefficient (Wildman–Crippen LogP) is 3.67. The molecule has 0 aliphatic heterocycles. The summed E-state index contributed by atoms with van der Waals surface area (Å²) < 4.78 is 14.7. The Kier molecular flexibility index (Phi) is 5.74. The van der Waals surface area contributed by atoms with E-state index in [9.17, 15) is 4.39 Å². The van der Waals surface area contributed by atoms with Gasteiger partial charge in [-0.15, -0.1) is 0 Å². The molecule has 4 nitrogen and oxygen atoms in total. The van der Waals surface area contributed by atoms with Crippen LogP contribution in [0.25, 0.3) is 0 Å². The first kappa shape index (κ1) is 16.7. The normalized spacial score (nSPS) is 10.8. The van der Waals surface area contributed by atoms with Gasteiger partial charge in [-0.1, -0.05) is 31.5 Å². The third kappa shape index (κ3) is 4.96. The lowest BCUT2D eigenvalue weighted by molar-refractivity contribution is 0.624. The summed E-state index contributed by atoms with van der Waals surface area (Å²) in [5.74, 6) is 0.168. The molecule has 1 aromatic carbocycles. The average Bonchev–Trinajstić information content (AvgIpc) is 2.87. The molecule has 1 aromatic heterocycles. The highest BCUT2D eigenvalue weighted by Crippen LogP contribution is 2.18. The van der Waals surface area contributed by atoms with Gasteiger partial charge in [0.15, 0.2) is 5.11 Å². The monoisotopic (exact) mass is 340 g/mol. The SMILES string of the molecule is CC(C)CNC(=S)Nc1cnn(Cc2ccc(F)cc2Cl)c1. The van der Waals surface area contributed by atoms with Crippen molar-refractivity contribution < 1.29 is 4.39 Å². The van der Waals surface area contributed by atoms with E-state index in [4.69, 9.17) is 23.8 Å². The first-order chi connectivity index (χ1) is 10.4. The van der Waals surface area contributed by atoms with Crippen LogP contribution >= 0.6 is 23.8 Å². The fraction of sp³-hybridized carbons (Fsp3) is 0.333. The number of nitrogens with one attached hydrogen (secondary N) is 2. The maximum absolute atomic E-state index is 13.0. The summed E-state index contributed by atoms with van der Waals surface area (Å²) in [4.78, 5) is 0. The molecule has 0 amide bonds. The van der Waals surface area contributed by atoms with Crippen LogP contribution in [0.3, 0.4) is 0 Å². The van der Waals surface area contributed by atoms with E-state index in [2.05, 4.69) is 29.6 Å². The predicted molar refractivity (Wildman–Crippen MR) is 91.8 cm³/mol. The molecule has 0 fully saturated rings. The number of hydrogen-bond acceptors (Lipinski definition) is 2. The van der Waals surface area contributed by atoms with Gasteiger partial charge in [0.1, 0.15) is 5.82 Å². The van der Waals surface area contributed by atoms with Crippen molar-refractivity contribution in [3.8, 4) is 0 Å². The van der Waals surface area contributed by atoms with Crippen molar-refractivity contribution in [2.45, 2.75) is 20.4 Å². The van der Waals surface area contributed by atoms with E-state index in [0.717, 1.165) is 17.8 Å². The average molecular weight is 341 g/mol. The van der Waals surface area contributed by atoms with Crippen LogP contribution in [-0.2, 0) is 6.54 Å². The minimum atomic E-state index is -0.349. The van der Waals surface area contributed by atoms with E-state index in [1.165, 1.54) is 12.1 Å². The molecule has 22 heavy (non-hydrogen) atoms. The molecule has 2 N–H and O–H groups in total. The van der Waals surface area contributed by atoms with Gasteiger partial charge in [0.2, 0.25) is 0 Å². The van der Waals surface area contributed by atoms with Crippen LogP contribution in [0.2, 0.25) is 5.02 Å². The smallest absolute Gasteiger partial charge is 0.170 e. The first-order valence-electron chi connectivity index (χ1n) is 6.95. The zero-order valence-corrected chi connectivity index (χ0v) is 14.0. The van der Waals surface area contributed by atoms with Gasteiger partial charge < -0.3 is 10.6 Å². The topological polar surface area (TPSA) is 41.9 Å². The zero-order chi connectivity index (χ0) is 16.1. The molecule has 0 spiro atoms. The zero-order valence-electron chi connectivity index (χ0n) is 12.4. The number of thiocarbonyl (C=S) groups is 1. The minimum absolute atomic E-state index is 0.349. The number of hydrogen-bond donors (Lipinski definition) is 2. The molecule has 0 bridgehead atoms. The number of rotatable bonds is 5. The Morgan fingerprint density at radius 3 is 2.91 bits per heavy atom. The van der Waals surface area contributed by atoms with Crippen LogP contribution in [0.5, 0.6) is 0 Å². The fourth-order valence-electron chi connectivity index (χ4n) is 1.81. The number of benzene rings is 1. The number of aromatic nitrogens is 2. The Morgan fingerprint density at radius 2 is 2.23 bits per heavy atom. The molecular formula is C15H18ClFN4S. The Bertz CT molecular complexity index is 657. The van der Waals surface area contributed by atoms with E-state index in [0.29, 0.717) is 22.6 Å². The first-order valence-corrected chi connectivity index (χ1v) is 7.74. The van der Waals surface area contributed by atoms with Gasteiger partial charge in [0, 0.05) is 17.8 Å². The molecule has 0 radical (unpaired) electrons. The van der Waals surface area contributed by atoms with Gasteiger partial charge in [0.05, 0.1) is 18.4 Å². The maximum Gasteiger partial charge on any atom is 0.170 e. The van der Waals surface area contributed by atoms with Gasteiger partial charge in [-0.2, -0.15) is 5.10 Å². The van der Waals surface area contributed by atoms with Crippen molar-refractivity contribution in [1.82, 2.24) is 15.1 Å². The summed E-state index contributed by atoms with van der Waals surface area (Å²) in [5, 5.41) is 11.4. The highest BCUT2D eigenvalue weighted by atomic mass is 35.5.